The van der Waals surface area contributed by atoms with Crippen LogP contribution in [0.15, 0.2) is 29.3 Å². The summed E-state index contributed by atoms with van der Waals surface area (Å²) >= 11 is 4.57. The molecular formula is C19H19N3O2S3. The highest BCUT2D eigenvalue weighted by atomic mass is 32.2. The minimum Gasteiger partial charge on any atom is -0.365 e. The van der Waals surface area contributed by atoms with E-state index in [-0.39, 0.29) is 11.7 Å². The second kappa shape index (κ2) is 8.08. The van der Waals surface area contributed by atoms with Gasteiger partial charge in [-0.2, -0.15) is 0 Å². The Morgan fingerprint density at radius 2 is 2.04 bits per heavy atom. The first kappa shape index (κ1) is 18.6. The lowest BCUT2D eigenvalue weighted by atomic mass is 9.95. The third-order valence-corrected chi connectivity index (χ3v) is 8.00. The fraction of sp³-hybridized carbons (Fsp3) is 0.316. The number of para-hydroxylation sites is 1. The van der Waals surface area contributed by atoms with Crippen molar-refractivity contribution >= 4 is 61.7 Å². The van der Waals surface area contributed by atoms with Crippen molar-refractivity contribution in [1.82, 2.24) is 0 Å². The van der Waals surface area contributed by atoms with Crippen molar-refractivity contribution < 1.29 is 9.59 Å². The number of amides is 2. The highest BCUT2D eigenvalue weighted by Gasteiger charge is 2.25. The smallest absolute Gasteiger partial charge is 0.251 e. The van der Waals surface area contributed by atoms with E-state index in [1.165, 1.54) is 33.5 Å². The minimum atomic E-state index is -0.457. The molecule has 0 unspecified atom stereocenters. The second-order valence-electron chi connectivity index (χ2n) is 6.41. The van der Waals surface area contributed by atoms with Gasteiger partial charge in [-0.1, -0.05) is 41.7 Å². The average molecular weight is 418 g/mol. The molecule has 0 saturated heterocycles. The molecule has 140 valence electrons. The monoisotopic (exact) mass is 417 g/mol. The summed E-state index contributed by atoms with van der Waals surface area (Å²) in [4.78, 5) is 30.2. The van der Waals surface area contributed by atoms with E-state index in [1.54, 1.807) is 11.8 Å². The van der Waals surface area contributed by atoms with Crippen LogP contribution in [-0.4, -0.2) is 21.9 Å². The van der Waals surface area contributed by atoms with E-state index in [0.29, 0.717) is 10.6 Å². The van der Waals surface area contributed by atoms with E-state index < -0.39 is 5.91 Å². The molecule has 3 N–H and O–H groups in total. The number of carbonyl (C=O) groups excluding carboxylic acids is 2. The highest BCUT2D eigenvalue weighted by molar-refractivity contribution is 8.38. The molecule has 2 aromatic rings. The average Bonchev–Trinajstić information content (AvgIpc) is 3.04. The first-order valence-corrected chi connectivity index (χ1v) is 11.6. The molecule has 1 aliphatic carbocycles. The van der Waals surface area contributed by atoms with Gasteiger partial charge in [0, 0.05) is 10.6 Å². The number of nitrogens with one attached hydrogen (secondary N) is 1. The van der Waals surface area contributed by atoms with E-state index in [4.69, 9.17) is 5.73 Å². The number of hydrogen-bond acceptors (Lipinski definition) is 6. The molecule has 1 aromatic heterocycles. The topological polar surface area (TPSA) is 84.5 Å². The fourth-order valence-electron chi connectivity index (χ4n) is 3.29. The molecule has 8 heteroatoms. The van der Waals surface area contributed by atoms with E-state index in [9.17, 15) is 9.59 Å². The third kappa shape index (κ3) is 4.07. The van der Waals surface area contributed by atoms with Crippen LogP contribution in [0.25, 0.3) is 0 Å². The van der Waals surface area contributed by atoms with E-state index in [1.807, 2.05) is 18.2 Å². The Morgan fingerprint density at radius 3 is 2.89 bits per heavy atom. The SMILES string of the molecule is NC(=O)c1c(NC(=O)CSC2=Nc3ccccc3CS2)sc2c1CCCC2. The summed E-state index contributed by atoms with van der Waals surface area (Å²) in [6.45, 7) is 0. The number of carbonyl (C=O) groups is 2. The van der Waals surface area contributed by atoms with Gasteiger partial charge in [-0.25, -0.2) is 4.99 Å². The largest absolute Gasteiger partial charge is 0.365 e. The van der Waals surface area contributed by atoms with Crippen molar-refractivity contribution in [1.29, 1.82) is 0 Å². The van der Waals surface area contributed by atoms with Gasteiger partial charge in [0.15, 0.2) is 0 Å². The first-order valence-electron chi connectivity index (χ1n) is 8.78. The number of rotatable bonds is 4. The Bertz CT molecular complexity index is 936. The van der Waals surface area contributed by atoms with Crippen LogP contribution in [0.5, 0.6) is 0 Å². The number of primary amides is 1. The number of thioether (sulfide) groups is 2. The summed E-state index contributed by atoms with van der Waals surface area (Å²) < 4.78 is 0.893. The van der Waals surface area contributed by atoms with Gasteiger partial charge in [0.2, 0.25) is 5.91 Å². The molecule has 5 nitrogen and oxygen atoms in total. The summed E-state index contributed by atoms with van der Waals surface area (Å²) in [6, 6.07) is 8.05. The van der Waals surface area contributed by atoms with Crippen molar-refractivity contribution in [3.05, 3.63) is 45.8 Å². The van der Waals surface area contributed by atoms with Crippen LogP contribution in [-0.2, 0) is 23.4 Å². The molecule has 2 amide bonds. The molecule has 1 aromatic carbocycles. The molecule has 2 heterocycles. The zero-order chi connectivity index (χ0) is 18.8. The van der Waals surface area contributed by atoms with Crippen molar-refractivity contribution in [3.8, 4) is 0 Å². The van der Waals surface area contributed by atoms with Crippen molar-refractivity contribution in [2.45, 2.75) is 31.4 Å². The van der Waals surface area contributed by atoms with Gasteiger partial charge in [-0.05, 0) is 42.9 Å². The molecule has 4 rings (SSSR count). The number of anilines is 1. The number of nitrogens with zero attached hydrogens (tertiary/aromatic N) is 1. The predicted octanol–water partition coefficient (Wildman–Crippen LogP) is 4.33. The molecule has 0 radical (unpaired) electrons. The lowest BCUT2D eigenvalue weighted by molar-refractivity contribution is -0.113. The Labute approximate surface area is 170 Å². The van der Waals surface area contributed by atoms with Crippen LogP contribution in [0.4, 0.5) is 10.7 Å². The maximum Gasteiger partial charge on any atom is 0.251 e. The van der Waals surface area contributed by atoms with Gasteiger partial charge in [0.05, 0.1) is 17.0 Å². The number of hydrogen-bond donors (Lipinski definition) is 2. The Balaban J connectivity index is 1.43. The van der Waals surface area contributed by atoms with E-state index in [0.717, 1.165) is 47.1 Å². The minimum absolute atomic E-state index is 0.136. The molecular weight excluding hydrogens is 398 g/mol. The van der Waals surface area contributed by atoms with Gasteiger partial charge in [-0.15, -0.1) is 11.3 Å². The summed E-state index contributed by atoms with van der Waals surface area (Å²) in [6.07, 6.45) is 4.00. The van der Waals surface area contributed by atoms with Gasteiger partial charge in [0.1, 0.15) is 9.38 Å². The van der Waals surface area contributed by atoms with Gasteiger partial charge >= 0.3 is 0 Å². The number of aliphatic imine (C=N–C) groups is 1. The number of thiophene rings is 1. The number of fused-ring (bicyclic) bond motifs is 2. The van der Waals surface area contributed by atoms with Crippen LogP contribution in [0.2, 0.25) is 0 Å². The van der Waals surface area contributed by atoms with Crippen LogP contribution >= 0.6 is 34.9 Å². The standard InChI is InChI=1S/C19H19N3O2S3/c20-17(24)16-12-6-2-4-8-14(12)27-18(16)22-15(23)10-26-19-21-13-7-3-1-5-11(13)9-25-19/h1,3,5,7H,2,4,6,8-10H2,(H2,20,24)(H,22,23). The molecule has 0 bridgehead atoms. The van der Waals surface area contributed by atoms with E-state index in [2.05, 4.69) is 16.4 Å². The van der Waals surface area contributed by atoms with Gasteiger partial charge < -0.3 is 11.1 Å². The molecule has 27 heavy (non-hydrogen) atoms. The van der Waals surface area contributed by atoms with Crippen LogP contribution < -0.4 is 11.1 Å². The zero-order valence-electron chi connectivity index (χ0n) is 14.6. The summed E-state index contributed by atoms with van der Waals surface area (Å²) in [5.74, 6) is 0.534. The quantitative estimate of drug-likeness (QED) is 0.775. The molecule has 0 atom stereocenters. The normalized spacial score (nSPS) is 15.5. The molecule has 1 aliphatic heterocycles. The summed E-state index contributed by atoms with van der Waals surface area (Å²) in [5.41, 5.74) is 9.31. The molecule has 0 spiro atoms. The summed E-state index contributed by atoms with van der Waals surface area (Å²) in [7, 11) is 0. The van der Waals surface area contributed by atoms with Crippen LogP contribution in [0.3, 0.4) is 0 Å². The predicted molar refractivity (Wildman–Crippen MR) is 115 cm³/mol. The molecule has 0 saturated carbocycles. The lowest BCUT2D eigenvalue weighted by Crippen LogP contribution is -2.19. The van der Waals surface area contributed by atoms with Gasteiger partial charge in [0.25, 0.3) is 5.91 Å². The zero-order valence-corrected chi connectivity index (χ0v) is 17.1. The van der Waals surface area contributed by atoms with E-state index >= 15 is 0 Å². The summed E-state index contributed by atoms with van der Waals surface area (Å²) in [5, 5.41) is 3.50. The number of benzene rings is 1. The number of aryl methyl sites for hydroxylation is 1. The third-order valence-electron chi connectivity index (χ3n) is 4.55. The maximum absolute atomic E-state index is 12.4. The Hall–Kier alpha value is -1.77. The number of nitrogens with two attached hydrogens (primary N) is 1. The van der Waals surface area contributed by atoms with Crippen molar-refractivity contribution in [3.63, 3.8) is 0 Å². The first-order chi connectivity index (χ1) is 13.1. The van der Waals surface area contributed by atoms with Crippen LogP contribution in [0, 0.1) is 0 Å². The lowest BCUT2D eigenvalue weighted by Gasteiger charge is -2.14. The highest BCUT2D eigenvalue weighted by Crippen LogP contribution is 2.38. The van der Waals surface area contributed by atoms with Gasteiger partial charge in [-0.3, -0.25) is 9.59 Å². The van der Waals surface area contributed by atoms with Crippen molar-refractivity contribution in [2.24, 2.45) is 10.7 Å². The fourth-order valence-corrected chi connectivity index (χ4v) is 6.46. The Morgan fingerprint density at radius 1 is 1.22 bits per heavy atom. The second-order valence-corrected chi connectivity index (χ2v) is 9.70. The van der Waals surface area contributed by atoms with Crippen molar-refractivity contribution in [2.75, 3.05) is 11.1 Å². The maximum atomic E-state index is 12.4. The molecule has 0 fully saturated rings. The molecule has 2 aliphatic rings. The Kier molecular flexibility index (Phi) is 5.56. The van der Waals surface area contributed by atoms with Crippen LogP contribution in [0.1, 0.15) is 39.2 Å².